The summed E-state index contributed by atoms with van der Waals surface area (Å²) in [6, 6.07) is 1.75. The van der Waals surface area contributed by atoms with E-state index in [0.29, 0.717) is 11.5 Å². The molecule has 1 heterocycles. The van der Waals surface area contributed by atoms with Crippen molar-refractivity contribution < 1.29 is 4.79 Å². The van der Waals surface area contributed by atoms with E-state index in [-0.39, 0.29) is 5.91 Å². The molecule has 1 amide bonds. The predicted molar refractivity (Wildman–Crippen MR) is 74.8 cm³/mol. The highest BCUT2D eigenvalue weighted by Crippen LogP contribution is 2.12. The van der Waals surface area contributed by atoms with Crippen LogP contribution in [0.1, 0.15) is 44.0 Å². The van der Waals surface area contributed by atoms with E-state index in [1.807, 2.05) is 6.92 Å². The smallest absolute Gasteiger partial charge is 0.253 e. The van der Waals surface area contributed by atoms with Gasteiger partial charge in [-0.25, -0.2) is 0 Å². The molecule has 1 aromatic heterocycles. The lowest BCUT2D eigenvalue weighted by Crippen LogP contribution is -2.25. The Kier molecular flexibility index (Phi) is 6.19. The maximum absolute atomic E-state index is 12.0. The van der Waals surface area contributed by atoms with E-state index in [1.54, 1.807) is 18.5 Å². The molecule has 0 aliphatic rings. The first-order valence-corrected chi connectivity index (χ1v) is 6.61. The molecule has 100 valence electrons. The van der Waals surface area contributed by atoms with Gasteiger partial charge in [0.1, 0.15) is 0 Å². The average molecular weight is 249 g/mol. The Labute approximate surface area is 109 Å². The minimum atomic E-state index is -0.0305. The molecule has 0 aliphatic carbocycles. The highest BCUT2D eigenvalue weighted by Gasteiger charge is 2.09. The van der Waals surface area contributed by atoms with E-state index in [0.717, 1.165) is 31.6 Å². The SMILES string of the molecule is CCNc1cnccc1C(=O)NCCCC(C)C. The zero-order valence-corrected chi connectivity index (χ0v) is 11.5. The number of rotatable bonds is 7. The normalized spacial score (nSPS) is 10.4. The van der Waals surface area contributed by atoms with Crippen molar-refractivity contribution in [1.29, 1.82) is 0 Å². The maximum atomic E-state index is 12.0. The van der Waals surface area contributed by atoms with Gasteiger partial charge in [-0.15, -0.1) is 0 Å². The fraction of sp³-hybridized carbons (Fsp3) is 0.571. The molecular formula is C14H23N3O. The van der Waals surface area contributed by atoms with Crippen LogP contribution in [0.25, 0.3) is 0 Å². The van der Waals surface area contributed by atoms with Gasteiger partial charge in [-0.3, -0.25) is 9.78 Å². The lowest BCUT2D eigenvalue weighted by molar-refractivity contribution is 0.0953. The Morgan fingerprint density at radius 1 is 1.44 bits per heavy atom. The van der Waals surface area contributed by atoms with Crippen LogP contribution < -0.4 is 10.6 Å². The van der Waals surface area contributed by atoms with Crippen molar-refractivity contribution in [3.63, 3.8) is 0 Å². The van der Waals surface area contributed by atoms with Crippen molar-refractivity contribution in [2.45, 2.75) is 33.6 Å². The number of anilines is 1. The van der Waals surface area contributed by atoms with E-state index >= 15 is 0 Å². The molecule has 0 bridgehead atoms. The number of nitrogens with zero attached hydrogens (tertiary/aromatic N) is 1. The summed E-state index contributed by atoms with van der Waals surface area (Å²) >= 11 is 0. The van der Waals surface area contributed by atoms with E-state index < -0.39 is 0 Å². The third-order valence-electron chi connectivity index (χ3n) is 2.68. The molecule has 0 saturated carbocycles. The number of nitrogens with one attached hydrogen (secondary N) is 2. The van der Waals surface area contributed by atoms with Gasteiger partial charge in [-0.2, -0.15) is 0 Å². The second-order valence-corrected chi connectivity index (χ2v) is 4.74. The minimum Gasteiger partial charge on any atom is -0.383 e. The highest BCUT2D eigenvalue weighted by atomic mass is 16.1. The minimum absolute atomic E-state index is 0.0305. The summed E-state index contributed by atoms with van der Waals surface area (Å²) in [5, 5.41) is 6.09. The Morgan fingerprint density at radius 3 is 2.89 bits per heavy atom. The Bertz CT molecular complexity index is 377. The van der Waals surface area contributed by atoms with Crippen molar-refractivity contribution in [3.05, 3.63) is 24.0 Å². The largest absolute Gasteiger partial charge is 0.383 e. The second kappa shape index (κ2) is 7.69. The number of carbonyl (C=O) groups is 1. The van der Waals surface area contributed by atoms with Crippen LogP contribution in [-0.4, -0.2) is 24.0 Å². The van der Waals surface area contributed by atoms with Crippen molar-refractivity contribution in [2.24, 2.45) is 5.92 Å². The number of aromatic nitrogens is 1. The Hall–Kier alpha value is -1.58. The first kappa shape index (κ1) is 14.5. The fourth-order valence-corrected chi connectivity index (χ4v) is 1.73. The number of carbonyl (C=O) groups excluding carboxylic acids is 1. The predicted octanol–water partition coefficient (Wildman–Crippen LogP) is 2.68. The first-order valence-electron chi connectivity index (χ1n) is 6.61. The summed E-state index contributed by atoms with van der Waals surface area (Å²) in [5.74, 6) is 0.650. The highest BCUT2D eigenvalue weighted by molar-refractivity contribution is 5.99. The van der Waals surface area contributed by atoms with Crippen molar-refractivity contribution in [3.8, 4) is 0 Å². The standard InChI is InChI=1S/C14H23N3O/c1-4-16-13-10-15-9-7-12(13)14(18)17-8-5-6-11(2)3/h7,9-11,16H,4-6,8H2,1-3H3,(H,17,18). The summed E-state index contributed by atoms with van der Waals surface area (Å²) in [4.78, 5) is 16.0. The van der Waals surface area contributed by atoms with Crippen LogP contribution in [0.3, 0.4) is 0 Å². The third-order valence-corrected chi connectivity index (χ3v) is 2.68. The molecule has 0 saturated heterocycles. The van der Waals surface area contributed by atoms with Crippen LogP contribution in [0.15, 0.2) is 18.5 Å². The molecule has 0 spiro atoms. The Balaban J connectivity index is 2.50. The van der Waals surface area contributed by atoms with Crippen molar-refractivity contribution >= 4 is 11.6 Å². The quantitative estimate of drug-likeness (QED) is 0.730. The van der Waals surface area contributed by atoms with Gasteiger partial charge in [-0.05, 0) is 31.7 Å². The van der Waals surface area contributed by atoms with Crippen molar-refractivity contribution in [2.75, 3.05) is 18.4 Å². The average Bonchev–Trinajstić information content (AvgIpc) is 2.35. The lowest BCUT2D eigenvalue weighted by atomic mass is 10.1. The van der Waals surface area contributed by atoms with E-state index in [2.05, 4.69) is 29.5 Å². The van der Waals surface area contributed by atoms with Gasteiger partial charge in [0.25, 0.3) is 5.91 Å². The molecule has 18 heavy (non-hydrogen) atoms. The number of pyridine rings is 1. The third kappa shape index (κ3) is 4.73. The van der Waals surface area contributed by atoms with Crippen LogP contribution in [0, 0.1) is 5.92 Å². The van der Waals surface area contributed by atoms with Crippen LogP contribution in [-0.2, 0) is 0 Å². The number of hydrogen-bond acceptors (Lipinski definition) is 3. The number of hydrogen-bond donors (Lipinski definition) is 2. The maximum Gasteiger partial charge on any atom is 0.253 e. The summed E-state index contributed by atoms with van der Waals surface area (Å²) in [7, 11) is 0. The number of amides is 1. The molecule has 0 aromatic carbocycles. The zero-order chi connectivity index (χ0) is 13.4. The zero-order valence-electron chi connectivity index (χ0n) is 11.5. The van der Waals surface area contributed by atoms with Gasteiger partial charge in [0.2, 0.25) is 0 Å². The van der Waals surface area contributed by atoms with Gasteiger partial charge < -0.3 is 10.6 Å². The van der Waals surface area contributed by atoms with Gasteiger partial charge in [-0.1, -0.05) is 13.8 Å². The van der Waals surface area contributed by atoms with Gasteiger partial charge >= 0.3 is 0 Å². The molecule has 4 heteroatoms. The Morgan fingerprint density at radius 2 is 2.22 bits per heavy atom. The first-order chi connectivity index (χ1) is 8.65. The summed E-state index contributed by atoms with van der Waals surface area (Å²) in [6.45, 7) is 7.88. The van der Waals surface area contributed by atoms with E-state index in [9.17, 15) is 4.79 Å². The monoisotopic (exact) mass is 249 g/mol. The molecule has 0 radical (unpaired) electrons. The van der Waals surface area contributed by atoms with Crippen LogP contribution in [0.4, 0.5) is 5.69 Å². The van der Waals surface area contributed by atoms with E-state index in [1.165, 1.54) is 0 Å². The topological polar surface area (TPSA) is 54.0 Å². The van der Waals surface area contributed by atoms with Crippen LogP contribution >= 0.6 is 0 Å². The molecule has 0 aliphatic heterocycles. The molecule has 0 fully saturated rings. The van der Waals surface area contributed by atoms with Gasteiger partial charge in [0.15, 0.2) is 0 Å². The molecule has 0 atom stereocenters. The molecule has 0 unspecified atom stereocenters. The van der Waals surface area contributed by atoms with Gasteiger partial charge in [0.05, 0.1) is 17.4 Å². The summed E-state index contributed by atoms with van der Waals surface area (Å²) < 4.78 is 0. The van der Waals surface area contributed by atoms with Crippen LogP contribution in [0.2, 0.25) is 0 Å². The molecular weight excluding hydrogens is 226 g/mol. The molecule has 1 aromatic rings. The summed E-state index contributed by atoms with van der Waals surface area (Å²) in [6.07, 6.45) is 5.48. The van der Waals surface area contributed by atoms with E-state index in [4.69, 9.17) is 0 Å². The molecule has 1 rings (SSSR count). The summed E-state index contributed by atoms with van der Waals surface area (Å²) in [5.41, 5.74) is 1.46. The second-order valence-electron chi connectivity index (χ2n) is 4.74. The molecule has 2 N–H and O–H groups in total. The van der Waals surface area contributed by atoms with Gasteiger partial charge in [0, 0.05) is 19.3 Å². The van der Waals surface area contributed by atoms with Crippen LogP contribution in [0.5, 0.6) is 0 Å². The van der Waals surface area contributed by atoms with Crippen molar-refractivity contribution in [1.82, 2.24) is 10.3 Å². The lowest BCUT2D eigenvalue weighted by Gasteiger charge is -2.10. The fourth-order valence-electron chi connectivity index (χ4n) is 1.73. The molecule has 4 nitrogen and oxygen atoms in total.